The highest BCUT2D eigenvalue weighted by Crippen LogP contribution is 2.32. The van der Waals surface area contributed by atoms with Gasteiger partial charge in [0.25, 0.3) is 5.56 Å². The van der Waals surface area contributed by atoms with Crippen molar-refractivity contribution in [1.82, 2.24) is 14.5 Å². The number of fused-ring (bicyclic) bond motifs is 1. The number of benzene rings is 1. The summed E-state index contributed by atoms with van der Waals surface area (Å²) in [7, 11) is 0. The number of halogens is 1. The van der Waals surface area contributed by atoms with Crippen molar-refractivity contribution in [3.63, 3.8) is 0 Å². The highest BCUT2D eigenvalue weighted by atomic mass is 32.2. The molecule has 1 fully saturated rings. The smallest absolute Gasteiger partial charge is 0.260 e. The van der Waals surface area contributed by atoms with E-state index in [9.17, 15) is 9.18 Å². The Labute approximate surface area is 154 Å². The summed E-state index contributed by atoms with van der Waals surface area (Å²) in [6.45, 7) is 0. The molecule has 2 N–H and O–H groups in total. The highest BCUT2D eigenvalue weighted by molar-refractivity contribution is 7.98. The van der Waals surface area contributed by atoms with Gasteiger partial charge in [-0.2, -0.15) is 0 Å². The molecule has 1 aliphatic carbocycles. The molecule has 2 heterocycles. The van der Waals surface area contributed by atoms with E-state index in [2.05, 4.69) is 9.97 Å². The molecule has 0 bridgehead atoms. The van der Waals surface area contributed by atoms with Gasteiger partial charge < -0.3 is 5.73 Å². The molecule has 26 heavy (non-hydrogen) atoms. The number of nitrogens with zero attached hydrogens (tertiary/aromatic N) is 3. The van der Waals surface area contributed by atoms with Crippen molar-refractivity contribution < 1.29 is 4.39 Å². The number of thioether (sulfide) groups is 1. The van der Waals surface area contributed by atoms with Crippen LogP contribution in [0.25, 0.3) is 22.2 Å². The topological polar surface area (TPSA) is 73.8 Å². The first-order valence-electron chi connectivity index (χ1n) is 8.60. The third-order valence-electron chi connectivity index (χ3n) is 4.93. The van der Waals surface area contributed by atoms with Gasteiger partial charge in [-0.05, 0) is 42.9 Å². The van der Waals surface area contributed by atoms with E-state index in [4.69, 9.17) is 5.73 Å². The van der Waals surface area contributed by atoms with Crippen LogP contribution in [0.1, 0.15) is 31.7 Å². The van der Waals surface area contributed by atoms with Crippen molar-refractivity contribution in [1.29, 1.82) is 0 Å². The Morgan fingerprint density at radius 3 is 2.73 bits per heavy atom. The summed E-state index contributed by atoms with van der Waals surface area (Å²) in [4.78, 5) is 22.3. The molecule has 0 amide bonds. The fraction of sp³-hybridized carbons (Fsp3) is 0.316. The average molecular weight is 370 g/mol. The molecule has 1 aliphatic rings. The van der Waals surface area contributed by atoms with Crippen LogP contribution in [0, 0.1) is 5.82 Å². The second kappa shape index (κ2) is 6.72. The third kappa shape index (κ3) is 2.86. The highest BCUT2D eigenvalue weighted by Gasteiger charge is 2.23. The van der Waals surface area contributed by atoms with Crippen LogP contribution in [-0.2, 0) is 0 Å². The Hall–Kier alpha value is -2.41. The third-order valence-corrected chi connectivity index (χ3v) is 5.49. The maximum absolute atomic E-state index is 13.5. The van der Waals surface area contributed by atoms with Gasteiger partial charge in [-0.1, -0.05) is 30.7 Å². The number of hydrogen-bond acceptors (Lipinski definition) is 5. The summed E-state index contributed by atoms with van der Waals surface area (Å²) in [5.74, 6) is -0.487. The van der Waals surface area contributed by atoms with Crippen LogP contribution in [0.15, 0.2) is 40.4 Å². The Morgan fingerprint density at radius 1 is 1.27 bits per heavy atom. The van der Waals surface area contributed by atoms with Gasteiger partial charge in [0.1, 0.15) is 11.5 Å². The maximum atomic E-state index is 13.5. The van der Waals surface area contributed by atoms with E-state index in [-0.39, 0.29) is 17.3 Å². The first-order chi connectivity index (χ1) is 12.6. The molecule has 134 valence electrons. The molecule has 1 aromatic carbocycles. The van der Waals surface area contributed by atoms with Crippen LogP contribution < -0.4 is 11.3 Å². The number of aromatic nitrogens is 3. The van der Waals surface area contributed by atoms with Crippen LogP contribution in [0.4, 0.5) is 10.1 Å². The zero-order valence-electron chi connectivity index (χ0n) is 14.4. The van der Waals surface area contributed by atoms with Gasteiger partial charge >= 0.3 is 0 Å². The van der Waals surface area contributed by atoms with Gasteiger partial charge in [0.2, 0.25) is 0 Å². The average Bonchev–Trinajstić information content (AvgIpc) is 3.17. The summed E-state index contributed by atoms with van der Waals surface area (Å²) >= 11 is 1.45. The molecule has 3 aromatic rings. The lowest BCUT2D eigenvalue weighted by atomic mass is 10.0. The quantitative estimate of drug-likeness (QED) is 0.428. The molecule has 0 aliphatic heterocycles. The predicted molar refractivity (Wildman–Crippen MR) is 103 cm³/mol. The second-order valence-corrected chi connectivity index (χ2v) is 7.32. The molecule has 7 heteroatoms. The molecule has 4 rings (SSSR count). The first-order valence-corrected chi connectivity index (χ1v) is 9.82. The van der Waals surface area contributed by atoms with E-state index in [1.54, 1.807) is 22.9 Å². The standard InChI is InChI=1S/C19H19FN4OS/c1-26-19-22-10-12-8-14(11-6-7-15(20)16(21)9-11)18(25)24(17(12)23-19)13-4-2-3-5-13/h6-10,13H,2-5,21H2,1H3. The number of nitrogen functional groups attached to an aromatic ring is 1. The van der Waals surface area contributed by atoms with Gasteiger partial charge in [0, 0.05) is 23.2 Å². The summed E-state index contributed by atoms with van der Waals surface area (Å²) in [5.41, 5.74) is 7.40. The van der Waals surface area contributed by atoms with Gasteiger partial charge in [-0.3, -0.25) is 9.36 Å². The van der Waals surface area contributed by atoms with E-state index in [1.165, 1.54) is 23.9 Å². The van der Waals surface area contributed by atoms with Crippen LogP contribution in [0.5, 0.6) is 0 Å². The molecule has 1 saturated carbocycles. The predicted octanol–water partition coefficient (Wildman–Crippen LogP) is 4.02. The zero-order valence-corrected chi connectivity index (χ0v) is 15.2. The SMILES string of the molecule is CSc1ncc2cc(-c3ccc(F)c(N)c3)c(=O)n(C3CCCC3)c2n1. The normalized spacial score (nSPS) is 15.0. The fourth-order valence-corrected chi connectivity index (χ4v) is 3.96. The zero-order chi connectivity index (χ0) is 18.3. The van der Waals surface area contributed by atoms with Gasteiger partial charge in [0.05, 0.1) is 5.69 Å². The summed E-state index contributed by atoms with van der Waals surface area (Å²) in [6, 6.07) is 6.30. The Balaban J connectivity index is 2.01. The molecular weight excluding hydrogens is 351 g/mol. The maximum Gasteiger partial charge on any atom is 0.260 e. The Morgan fingerprint density at radius 2 is 2.04 bits per heavy atom. The number of rotatable bonds is 3. The van der Waals surface area contributed by atoms with Crippen LogP contribution in [0.2, 0.25) is 0 Å². The van der Waals surface area contributed by atoms with Crippen molar-refractivity contribution >= 4 is 28.5 Å². The van der Waals surface area contributed by atoms with Gasteiger partial charge in [-0.15, -0.1) is 0 Å². The van der Waals surface area contributed by atoms with E-state index in [1.807, 2.05) is 6.26 Å². The van der Waals surface area contributed by atoms with Gasteiger partial charge in [-0.25, -0.2) is 14.4 Å². The number of hydrogen-bond donors (Lipinski definition) is 1. The van der Waals surface area contributed by atoms with Crippen molar-refractivity contribution in [2.45, 2.75) is 36.9 Å². The van der Waals surface area contributed by atoms with E-state index in [0.29, 0.717) is 21.9 Å². The second-order valence-electron chi connectivity index (χ2n) is 6.54. The van der Waals surface area contributed by atoms with Crippen LogP contribution in [-0.4, -0.2) is 20.8 Å². The lowest BCUT2D eigenvalue weighted by Gasteiger charge is -2.18. The molecule has 0 unspecified atom stereocenters. The molecule has 0 atom stereocenters. The molecule has 0 radical (unpaired) electrons. The summed E-state index contributed by atoms with van der Waals surface area (Å²) in [5, 5.41) is 1.44. The van der Waals surface area contributed by atoms with Crippen molar-refractivity contribution in [3.05, 3.63) is 46.6 Å². The summed E-state index contributed by atoms with van der Waals surface area (Å²) < 4.78 is 15.3. The molecule has 2 aromatic heterocycles. The largest absolute Gasteiger partial charge is 0.396 e. The van der Waals surface area contributed by atoms with E-state index in [0.717, 1.165) is 31.1 Å². The monoisotopic (exact) mass is 370 g/mol. The minimum atomic E-state index is -0.487. The van der Waals surface area contributed by atoms with Crippen molar-refractivity contribution in [2.75, 3.05) is 12.0 Å². The van der Waals surface area contributed by atoms with E-state index >= 15 is 0 Å². The molecule has 0 spiro atoms. The Kier molecular flexibility index (Phi) is 4.40. The van der Waals surface area contributed by atoms with Crippen molar-refractivity contribution in [2.24, 2.45) is 0 Å². The number of pyridine rings is 1. The number of nitrogens with two attached hydrogens (primary N) is 1. The van der Waals surface area contributed by atoms with Gasteiger partial charge in [0.15, 0.2) is 5.16 Å². The van der Waals surface area contributed by atoms with E-state index < -0.39 is 5.82 Å². The lowest BCUT2D eigenvalue weighted by molar-refractivity contribution is 0.515. The Bertz CT molecular complexity index is 1040. The van der Waals surface area contributed by atoms with Crippen LogP contribution in [0.3, 0.4) is 0 Å². The molecule has 0 saturated heterocycles. The fourth-order valence-electron chi connectivity index (χ4n) is 3.62. The summed E-state index contributed by atoms with van der Waals surface area (Å²) in [6.07, 6.45) is 7.79. The minimum absolute atomic E-state index is 0.0309. The minimum Gasteiger partial charge on any atom is -0.396 e. The van der Waals surface area contributed by atoms with Crippen LogP contribution >= 0.6 is 11.8 Å². The van der Waals surface area contributed by atoms with Crippen molar-refractivity contribution in [3.8, 4) is 11.1 Å². The molecular formula is C19H19FN4OS. The lowest BCUT2D eigenvalue weighted by Crippen LogP contribution is -2.26. The number of anilines is 1. The molecule has 5 nitrogen and oxygen atoms in total. The first kappa shape index (κ1) is 17.0.